The largest absolute Gasteiger partial charge is 0.461 e. The highest BCUT2D eigenvalue weighted by molar-refractivity contribution is 5.96. The molecule has 2 unspecified atom stereocenters. The van der Waals surface area contributed by atoms with E-state index in [4.69, 9.17) is 9.47 Å². The van der Waals surface area contributed by atoms with Crippen molar-refractivity contribution in [2.45, 2.75) is 76.8 Å². The van der Waals surface area contributed by atoms with E-state index < -0.39 is 53.8 Å². The van der Waals surface area contributed by atoms with Gasteiger partial charge in [-0.3, -0.25) is 24.0 Å². The summed E-state index contributed by atoms with van der Waals surface area (Å²) in [5.41, 5.74) is 0.0948. The number of nitrogens with one attached hydrogen (secondary N) is 5. The maximum atomic E-state index is 13.5. The predicted molar refractivity (Wildman–Crippen MR) is 163 cm³/mol. The normalized spacial score (nSPS) is 18.1. The smallest absolute Gasteiger partial charge is 0.408 e. The standard InChI is InChI=1S/C32H41N5O8/c1-32(2)30(42)34-18-16-26(38)33-17-10-9-15-24(29(41)37-32)35-28(40)25(19-27(39)44-20-22-11-5-3-6-12-22)36-31(43)45-21-23-13-7-4-8-14-23/h3-8,11-14,24-25H,9-10,15-21H2,1-2H3,(H,33,38)(H,34,42)(H,35,40)(H,36,43)(H,37,41). The first kappa shape index (κ1) is 34.5. The Bertz CT molecular complexity index is 1260. The number of esters is 1. The van der Waals surface area contributed by atoms with Gasteiger partial charge in [-0.05, 0) is 44.2 Å². The van der Waals surface area contributed by atoms with Crippen molar-refractivity contribution in [3.8, 4) is 0 Å². The van der Waals surface area contributed by atoms with Crippen LogP contribution in [0.1, 0.15) is 57.1 Å². The molecule has 1 saturated heterocycles. The van der Waals surface area contributed by atoms with E-state index >= 15 is 0 Å². The minimum absolute atomic E-state index is 0.0365. The lowest BCUT2D eigenvalue weighted by Crippen LogP contribution is -2.60. The van der Waals surface area contributed by atoms with Gasteiger partial charge in [0, 0.05) is 19.5 Å². The zero-order valence-corrected chi connectivity index (χ0v) is 25.6. The van der Waals surface area contributed by atoms with Crippen LogP contribution in [0, 0.1) is 0 Å². The van der Waals surface area contributed by atoms with Crippen LogP contribution in [0.15, 0.2) is 60.7 Å². The molecular weight excluding hydrogens is 582 g/mol. The molecule has 45 heavy (non-hydrogen) atoms. The Hall–Kier alpha value is -4.94. The average molecular weight is 624 g/mol. The molecule has 5 N–H and O–H groups in total. The molecule has 1 aliphatic rings. The van der Waals surface area contributed by atoms with Crippen molar-refractivity contribution < 1.29 is 38.2 Å². The summed E-state index contributed by atoms with van der Waals surface area (Å²) in [6.07, 6.45) is -0.243. The van der Waals surface area contributed by atoms with Crippen molar-refractivity contribution in [1.82, 2.24) is 26.6 Å². The molecule has 2 aromatic rings. The molecular formula is C32H41N5O8. The topological polar surface area (TPSA) is 181 Å². The van der Waals surface area contributed by atoms with Crippen LogP contribution in [0.25, 0.3) is 0 Å². The number of hydrogen-bond donors (Lipinski definition) is 5. The van der Waals surface area contributed by atoms with Crippen LogP contribution in [0.4, 0.5) is 4.79 Å². The Morgan fingerprint density at radius 3 is 2.13 bits per heavy atom. The van der Waals surface area contributed by atoms with Crippen molar-refractivity contribution in [3.05, 3.63) is 71.8 Å². The Labute approximate surface area is 262 Å². The average Bonchev–Trinajstić information content (AvgIpc) is 3.02. The summed E-state index contributed by atoms with van der Waals surface area (Å²) in [4.78, 5) is 77.0. The van der Waals surface area contributed by atoms with Gasteiger partial charge in [0.1, 0.15) is 30.8 Å². The molecule has 0 bridgehead atoms. The summed E-state index contributed by atoms with van der Waals surface area (Å²) in [6.45, 7) is 3.34. The van der Waals surface area contributed by atoms with Crippen molar-refractivity contribution >= 4 is 35.7 Å². The second kappa shape index (κ2) is 17.4. The maximum Gasteiger partial charge on any atom is 0.408 e. The molecule has 0 radical (unpaired) electrons. The lowest BCUT2D eigenvalue weighted by molar-refractivity contribution is -0.147. The van der Waals surface area contributed by atoms with Gasteiger partial charge in [-0.15, -0.1) is 0 Å². The number of rotatable bonds is 9. The van der Waals surface area contributed by atoms with Crippen molar-refractivity contribution in [1.29, 1.82) is 0 Å². The van der Waals surface area contributed by atoms with Crippen LogP contribution in [0.3, 0.4) is 0 Å². The van der Waals surface area contributed by atoms with Crippen LogP contribution >= 0.6 is 0 Å². The van der Waals surface area contributed by atoms with Crippen LogP contribution in [0.2, 0.25) is 0 Å². The van der Waals surface area contributed by atoms with E-state index in [2.05, 4.69) is 26.6 Å². The van der Waals surface area contributed by atoms with Gasteiger partial charge in [-0.2, -0.15) is 0 Å². The first-order valence-corrected chi connectivity index (χ1v) is 14.9. The Balaban J connectivity index is 1.72. The molecule has 1 heterocycles. The first-order valence-electron chi connectivity index (χ1n) is 14.9. The van der Waals surface area contributed by atoms with Crippen molar-refractivity contribution in [3.63, 3.8) is 0 Å². The minimum atomic E-state index is -1.44. The summed E-state index contributed by atoms with van der Waals surface area (Å²) in [7, 11) is 0. The van der Waals surface area contributed by atoms with Crippen molar-refractivity contribution in [2.75, 3.05) is 13.1 Å². The summed E-state index contributed by atoms with van der Waals surface area (Å²) >= 11 is 0. The summed E-state index contributed by atoms with van der Waals surface area (Å²) in [6, 6.07) is 15.3. The fourth-order valence-electron chi connectivity index (χ4n) is 4.37. The van der Waals surface area contributed by atoms with Gasteiger partial charge in [-0.25, -0.2) is 4.79 Å². The number of carbonyl (C=O) groups is 6. The third kappa shape index (κ3) is 12.3. The van der Waals surface area contributed by atoms with Gasteiger partial charge in [0.25, 0.3) is 0 Å². The predicted octanol–water partition coefficient (Wildman–Crippen LogP) is 1.60. The molecule has 0 aromatic heterocycles. The molecule has 242 valence electrons. The molecule has 13 nitrogen and oxygen atoms in total. The highest BCUT2D eigenvalue weighted by atomic mass is 16.5. The fraction of sp³-hybridized carbons (Fsp3) is 0.438. The first-order chi connectivity index (χ1) is 21.5. The van der Waals surface area contributed by atoms with E-state index in [0.29, 0.717) is 19.4 Å². The van der Waals surface area contributed by atoms with E-state index in [1.165, 1.54) is 13.8 Å². The summed E-state index contributed by atoms with van der Waals surface area (Å²) in [5.74, 6) is -2.92. The van der Waals surface area contributed by atoms with E-state index in [-0.39, 0.29) is 38.5 Å². The number of carbonyl (C=O) groups excluding carboxylic acids is 6. The fourth-order valence-corrected chi connectivity index (χ4v) is 4.37. The van der Waals surface area contributed by atoms with Gasteiger partial charge in [0.2, 0.25) is 23.6 Å². The quantitative estimate of drug-likeness (QED) is 0.261. The Kier molecular flexibility index (Phi) is 13.3. The van der Waals surface area contributed by atoms with E-state index in [1.807, 2.05) is 12.1 Å². The zero-order valence-electron chi connectivity index (χ0n) is 25.6. The lowest BCUT2D eigenvalue weighted by Gasteiger charge is -2.29. The summed E-state index contributed by atoms with van der Waals surface area (Å²) in [5, 5.41) is 13.1. The van der Waals surface area contributed by atoms with Crippen LogP contribution in [0.5, 0.6) is 0 Å². The van der Waals surface area contributed by atoms with Crippen LogP contribution in [-0.4, -0.2) is 66.4 Å². The summed E-state index contributed by atoms with van der Waals surface area (Å²) < 4.78 is 10.6. The zero-order chi connectivity index (χ0) is 32.7. The van der Waals surface area contributed by atoms with Gasteiger partial charge in [-0.1, -0.05) is 60.7 Å². The van der Waals surface area contributed by atoms with E-state index in [1.54, 1.807) is 48.5 Å². The molecule has 0 spiro atoms. The van der Waals surface area contributed by atoms with Crippen LogP contribution < -0.4 is 26.6 Å². The highest BCUT2D eigenvalue weighted by Crippen LogP contribution is 2.10. The molecule has 1 aliphatic heterocycles. The van der Waals surface area contributed by atoms with Gasteiger partial charge >= 0.3 is 12.1 Å². The lowest BCUT2D eigenvalue weighted by atomic mass is 10.0. The molecule has 13 heteroatoms. The molecule has 0 aliphatic carbocycles. The highest BCUT2D eigenvalue weighted by Gasteiger charge is 2.34. The second-order valence-corrected chi connectivity index (χ2v) is 11.1. The van der Waals surface area contributed by atoms with Crippen molar-refractivity contribution in [2.24, 2.45) is 0 Å². The Morgan fingerprint density at radius 2 is 1.49 bits per heavy atom. The van der Waals surface area contributed by atoms with E-state index in [9.17, 15) is 28.8 Å². The third-order valence-corrected chi connectivity index (χ3v) is 6.95. The minimum Gasteiger partial charge on any atom is -0.461 e. The monoisotopic (exact) mass is 623 g/mol. The number of alkyl carbamates (subject to hydrolysis) is 1. The Morgan fingerprint density at radius 1 is 0.867 bits per heavy atom. The molecule has 2 atom stereocenters. The number of hydrogen-bond acceptors (Lipinski definition) is 8. The number of amides is 5. The molecule has 3 rings (SSSR count). The van der Waals surface area contributed by atoms with Gasteiger partial charge in [0.05, 0.1) is 6.42 Å². The number of ether oxygens (including phenoxy) is 2. The molecule has 2 aromatic carbocycles. The molecule has 1 fully saturated rings. The van der Waals surface area contributed by atoms with Crippen LogP contribution in [-0.2, 0) is 46.7 Å². The maximum absolute atomic E-state index is 13.5. The third-order valence-electron chi connectivity index (χ3n) is 6.95. The molecule has 5 amide bonds. The van der Waals surface area contributed by atoms with E-state index in [0.717, 1.165) is 11.1 Å². The second-order valence-electron chi connectivity index (χ2n) is 11.1. The molecule has 0 saturated carbocycles. The van der Waals surface area contributed by atoms with Gasteiger partial charge < -0.3 is 36.1 Å². The number of benzene rings is 2. The van der Waals surface area contributed by atoms with Gasteiger partial charge in [0.15, 0.2) is 0 Å². The SMILES string of the molecule is CC1(C)NC(=O)C(NC(=O)C(CC(=O)OCc2ccccc2)NC(=O)OCc2ccccc2)CCCCNC(=O)CCNC1=O.